The van der Waals surface area contributed by atoms with Gasteiger partial charge in [-0.1, -0.05) is 20.3 Å². The third kappa shape index (κ3) is 3.25. The van der Waals surface area contributed by atoms with Crippen molar-refractivity contribution in [3.05, 3.63) is 0 Å². The predicted molar refractivity (Wildman–Crippen MR) is 72.6 cm³/mol. The van der Waals surface area contributed by atoms with Gasteiger partial charge in [0, 0.05) is 18.5 Å². The van der Waals surface area contributed by atoms with Crippen LogP contribution in [0, 0.1) is 11.8 Å². The normalized spacial score (nSPS) is 33.4. The molecule has 1 aliphatic carbocycles. The fourth-order valence-electron chi connectivity index (χ4n) is 3.55. The number of likely N-dealkylation sites (tertiary alicyclic amines) is 1. The number of hydrogen-bond donors (Lipinski definition) is 1. The number of aliphatic carboxylic acids is 1. The van der Waals surface area contributed by atoms with Crippen LogP contribution in [0.5, 0.6) is 0 Å². The number of carboxylic acids is 1. The predicted octanol–water partition coefficient (Wildman–Crippen LogP) is 3.14. The average Bonchev–Trinajstić information content (AvgIpc) is 2.25. The summed E-state index contributed by atoms with van der Waals surface area (Å²) in [5, 5.41) is 8.84. The van der Waals surface area contributed by atoms with Gasteiger partial charge in [0.2, 0.25) is 0 Å². The van der Waals surface area contributed by atoms with Crippen molar-refractivity contribution in [2.75, 3.05) is 6.54 Å². The van der Waals surface area contributed by atoms with Crippen LogP contribution < -0.4 is 0 Å². The van der Waals surface area contributed by atoms with E-state index in [4.69, 9.17) is 5.11 Å². The third-order valence-electron chi connectivity index (χ3n) is 4.93. The first-order valence-corrected chi connectivity index (χ1v) is 7.55. The van der Waals surface area contributed by atoms with Gasteiger partial charge in [-0.05, 0) is 50.5 Å². The molecule has 2 fully saturated rings. The molecule has 1 saturated heterocycles. The summed E-state index contributed by atoms with van der Waals surface area (Å²) in [5.74, 6) is 1.06. The van der Waals surface area contributed by atoms with Crippen LogP contribution in [0.2, 0.25) is 0 Å². The van der Waals surface area contributed by atoms with Gasteiger partial charge in [0.1, 0.15) is 0 Å². The fourth-order valence-corrected chi connectivity index (χ4v) is 3.55. The molecule has 2 aliphatic rings. The second-order valence-electron chi connectivity index (χ2n) is 6.45. The van der Waals surface area contributed by atoms with E-state index < -0.39 is 5.97 Å². The molecule has 1 aliphatic heterocycles. The molecule has 104 valence electrons. The van der Waals surface area contributed by atoms with Crippen LogP contribution in [0.15, 0.2) is 0 Å². The van der Waals surface area contributed by atoms with Gasteiger partial charge in [-0.3, -0.25) is 9.69 Å². The summed E-state index contributed by atoms with van der Waals surface area (Å²) in [5.41, 5.74) is 0. The molecule has 0 spiro atoms. The van der Waals surface area contributed by atoms with Gasteiger partial charge in [-0.2, -0.15) is 0 Å². The van der Waals surface area contributed by atoms with Crippen LogP contribution in [0.4, 0.5) is 0 Å². The highest BCUT2D eigenvalue weighted by Crippen LogP contribution is 2.39. The largest absolute Gasteiger partial charge is 0.481 e. The smallest absolute Gasteiger partial charge is 0.303 e. The first-order valence-electron chi connectivity index (χ1n) is 7.55. The molecule has 1 heterocycles. The third-order valence-corrected chi connectivity index (χ3v) is 4.93. The lowest BCUT2D eigenvalue weighted by atomic mass is 9.72. The van der Waals surface area contributed by atoms with Crippen molar-refractivity contribution >= 4 is 5.97 Å². The van der Waals surface area contributed by atoms with E-state index in [9.17, 15) is 4.79 Å². The minimum Gasteiger partial charge on any atom is -0.481 e. The number of hydrogen-bond acceptors (Lipinski definition) is 2. The van der Waals surface area contributed by atoms with Crippen molar-refractivity contribution < 1.29 is 9.90 Å². The Morgan fingerprint density at radius 1 is 1.33 bits per heavy atom. The monoisotopic (exact) mass is 253 g/mol. The van der Waals surface area contributed by atoms with E-state index in [-0.39, 0.29) is 0 Å². The second-order valence-corrected chi connectivity index (χ2v) is 6.45. The maximum atomic E-state index is 10.7. The summed E-state index contributed by atoms with van der Waals surface area (Å²) in [6.45, 7) is 5.83. The number of carbonyl (C=O) groups is 1. The lowest BCUT2D eigenvalue weighted by Crippen LogP contribution is -2.52. The van der Waals surface area contributed by atoms with Gasteiger partial charge in [0.15, 0.2) is 0 Å². The molecule has 0 amide bonds. The van der Waals surface area contributed by atoms with Crippen LogP contribution in [-0.2, 0) is 4.79 Å². The minimum absolute atomic E-state index is 0.335. The standard InChI is InChI=1S/C15H27NO2/c1-11(2)12-9-14(10-12)16-8-4-3-5-13(16)6-7-15(17)18/h11-14H,3-10H2,1-2H3,(H,17,18). The molecular formula is C15H27NO2. The van der Waals surface area contributed by atoms with E-state index in [0.717, 1.165) is 24.3 Å². The van der Waals surface area contributed by atoms with E-state index in [0.29, 0.717) is 12.5 Å². The molecule has 1 unspecified atom stereocenters. The van der Waals surface area contributed by atoms with Crippen molar-refractivity contribution in [2.24, 2.45) is 11.8 Å². The molecule has 0 aromatic carbocycles. The van der Waals surface area contributed by atoms with Crippen molar-refractivity contribution in [2.45, 2.75) is 70.9 Å². The zero-order valence-electron chi connectivity index (χ0n) is 11.8. The summed E-state index contributed by atoms with van der Waals surface area (Å²) in [4.78, 5) is 13.4. The summed E-state index contributed by atoms with van der Waals surface area (Å²) in [7, 11) is 0. The Balaban J connectivity index is 1.83. The number of rotatable bonds is 5. The van der Waals surface area contributed by atoms with Crippen LogP contribution in [0.1, 0.15) is 58.8 Å². The Morgan fingerprint density at radius 2 is 2.06 bits per heavy atom. The molecule has 0 aromatic rings. The molecule has 1 saturated carbocycles. The van der Waals surface area contributed by atoms with E-state index in [2.05, 4.69) is 18.7 Å². The Hall–Kier alpha value is -0.570. The van der Waals surface area contributed by atoms with Gasteiger partial charge in [-0.15, -0.1) is 0 Å². The Bertz CT molecular complexity index is 284. The minimum atomic E-state index is -0.644. The molecular weight excluding hydrogens is 226 g/mol. The van der Waals surface area contributed by atoms with Gasteiger partial charge >= 0.3 is 5.97 Å². The topological polar surface area (TPSA) is 40.5 Å². The lowest BCUT2D eigenvalue weighted by molar-refractivity contribution is -0.137. The van der Waals surface area contributed by atoms with Gasteiger partial charge < -0.3 is 5.11 Å². The maximum Gasteiger partial charge on any atom is 0.303 e. The summed E-state index contributed by atoms with van der Waals surface area (Å²) >= 11 is 0. The Kier molecular flexibility index (Phi) is 4.66. The highest BCUT2D eigenvalue weighted by Gasteiger charge is 2.38. The van der Waals surface area contributed by atoms with E-state index in [1.54, 1.807) is 0 Å². The molecule has 0 aromatic heterocycles. The van der Waals surface area contributed by atoms with E-state index in [1.807, 2.05) is 0 Å². The quantitative estimate of drug-likeness (QED) is 0.818. The molecule has 1 atom stereocenters. The number of nitrogens with zero attached hydrogens (tertiary/aromatic N) is 1. The van der Waals surface area contributed by atoms with Crippen LogP contribution in [0.3, 0.4) is 0 Å². The molecule has 18 heavy (non-hydrogen) atoms. The molecule has 0 bridgehead atoms. The van der Waals surface area contributed by atoms with E-state index >= 15 is 0 Å². The average molecular weight is 253 g/mol. The fraction of sp³-hybridized carbons (Fsp3) is 0.933. The van der Waals surface area contributed by atoms with Crippen LogP contribution >= 0.6 is 0 Å². The molecule has 3 heteroatoms. The molecule has 1 N–H and O–H groups in total. The summed E-state index contributed by atoms with van der Waals surface area (Å²) < 4.78 is 0. The Labute approximate surface area is 111 Å². The number of carboxylic acid groups (broad SMARTS) is 1. The highest BCUT2D eigenvalue weighted by molar-refractivity contribution is 5.66. The first kappa shape index (κ1) is 13.9. The van der Waals surface area contributed by atoms with Gasteiger partial charge in [0.25, 0.3) is 0 Å². The van der Waals surface area contributed by atoms with Crippen molar-refractivity contribution in [3.63, 3.8) is 0 Å². The summed E-state index contributed by atoms with van der Waals surface area (Å²) in [6.07, 6.45) is 7.63. The zero-order chi connectivity index (χ0) is 13.1. The first-order chi connectivity index (χ1) is 8.58. The molecule has 3 nitrogen and oxygen atoms in total. The van der Waals surface area contributed by atoms with Crippen molar-refractivity contribution in [3.8, 4) is 0 Å². The van der Waals surface area contributed by atoms with Gasteiger partial charge in [0.05, 0.1) is 0 Å². The number of piperidine rings is 1. The van der Waals surface area contributed by atoms with Crippen molar-refractivity contribution in [1.82, 2.24) is 4.90 Å². The Morgan fingerprint density at radius 3 is 2.67 bits per heavy atom. The highest BCUT2D eigenvalue weighted by atomic mass is 16.4. The SMILES string of the molecule is CC(C)C1CC(N2CCCCC2CCC(=O)O)C1. The molecule has 2 rings (SSSR count). The van der Waals surface area contributed by atoms with Crippen LogP contribution in [-0.4, -0.2) is 34.6 Å². The van der Waals surface area contributed by atoms with E-state index in [1.165, 1.54) is 38.6 Å². The molecule has 0 radical (unpaired) electrons. The zero-order valence-corrected chi connectivity index (χ0v) is 11.8. The van der Waals surface area contributed by atoms with Gasteiger partial charge in [-0.25, -0.2) is 0 Å². The van der Waals surface area contributed by atoms with Crippen LogP contribution in [0.25, 0.3) is 0 Å². The summed E-state index contributed by atoms with van der Waals surface area (Å²) in [6, 6.07) is 1.28. The second kappa shape index (κ2) is 6.05. The van der Waals surface area contributed by atoms with Crippen molar-refractivity contribution in [1.29, 1.82) is 0 Å². The lowest BCUT2D eigenvalue weighted by Gasteiger charge is -2.49. The maximum absolute atomic E-state index is 10.7.